The lowest BCUT2D eigenvalue weighted by molar-refractivity contribution is 0.0224. The third-order valence-electron chi connectivity index (χ3n) is 6.53. The van der Waals surface area contributed by atoms with Gasteiger partial charge in [-0.15, -0.1) is 11.3 Å². The molecule has 1 fully saturated rings. The fraction of sp³-hybridized carbons (Fsp3) is 0.393. The van der Waals surface area contributed by atoms with Crippen molar-refractivity contribution in [2.24, 2.45) is 0 Å². The van der Waals surface area contributed by atoms with E-state index in [1.54, 1.807) is 6.07 Å². The van der Waals surface area contributed by atoms with Crippen molar-refractivity contribution in [2.45, 2.75) is 57.7 Å². The highest BCUT2D eigenvalue weighted by atomic mass is 35.5. The second-order valence-corrected chi connectivity index (χ2v) is 11.7. The number of nitrogens with zero attached hydrogens (tertiary/aromatic N) is 2. The lowest BCUT2D eigenvalue weighted by Gasteiger charge is -2.28. The van der Waals surface area contributed by atoms with Crippen LogP contribution in [0.15, 0.2) is 47.8 Å². The summed E-state index contributed by atoms with van der Waals surface area (Å²) in [6.45, 7) is 6.81. The smallest absolute Gasteiger partial charge is 0.410 e. The molecular weight excluding hydrogens is 524 g/mol. The summed E-state index contributed by atoms with van der Waals surface area (Å²) in [5.74, 6) is 0.623. The summed E-state index contributed by atoms with van der Waals surface area (Å²) < 4.78 is 11.3. The number of halogens is 1. The second-order valence-electron chi connectivity index (χ2n) is 10.4. The van der Waals surface area contributed by atoms with Crippen molar-refractivity contribution in [3.05, 3.63) is 64.0 Å². The van der Waals surface area contributed by atoms with Gasteiger partial charge in [0.2, 0.25) is 0 Å². The Morgan fingerprint density at radius 3 is 2.71 bits per heavy atom. The molecule has 0 bridgehead atoms. The molecule has 3 aromatic rings. The number of fused-ring (bicyclic) bond motifs is 1. The largest absolute Gasteiger partial charge is 0.492 e. The van der Waals surface area contributed by atoms with Gasteiger partial charge in [-0.05, 0) is 45.2 Å². The van der Waals surface area contributed by atoms with Crippen molar-refractivity contribution < 1.29 is 19.1 Å². The number of urea groups is 1. The third-order valence-corrected chi connectivity index (χ3v) is 7.58. The molecule has 5 rings (SSSR count). The van der Waals surface area contributed by atoms with Gasteiger partial charge in [-0.1, -0.05) is 48.0 Å². The number of hydrogen-bond acceptors (Lipinski definition) is 6. The molecule has 38 heavy (non-hydrogen) atoms. The lowest BCUT2D eigenvalue weighted by atomic mass is 10.0. The molecule has 1 unspecified atom stereocenters. The Balaban J connectivity index is 1.21. The van der Waals surface area contributed by atoms with Gasteiger partial charge in [-0.3, -0.25) is 5.32 Å². The Labute approximate surface area is 231 Å². The third kappa shape index (κ3) is 5.89. The van der Waals surface area contributed by atoms with E-state index >= 15 is 0 Å². The van der Waals surface area contributed by atoms with E-state index in [2.05, 4.69) is 15.6 Å². The number of nitrogens with one attached hydrogen (secondary N) is 2. The van der Waals surface area contributed by atoms with E-state index in [0.717, 1.165) is 35.2 Å². The van der Waals surface area contributed by atoms with E-state index < -0.39 is 5.60 Å². The molecular formula is C28H31ClN4O4S. The van der Waals surface area contributed by atoms with Crippen molar-refractivity contribution in [1.82, 2.24) is 15.2 Å². The molecule has 3 heterocycles. The van der Waals surface area contributed by atoms with Crippen LogP contribution in [-0.4, -0.2) is 40.8 Å². The molecule has 2 aromatic carbocycles. The SMILES string of the molecule is CC(C)(C)OC(=O)N1CCCC1c1ccc(-c2csc(NC(=O)N[C@H]3CCOc4c(Cl)cccc43)n2)cc1. The first kappa shape index (κ1) is 26.3. The van der Waals surface area contributed by atoms with Crippen LogP contribution >= 0.6 is 22.9 Å². The van der Waals surface area contributed by atoms with Crippen LogP contribution < -0.4 is 15.4 Å². The number of carbonyl (C=O) groups excluding carboxylic acids is 2. The summed E-state index contributed by atoms with van der Waals surface area (Å²) in [6.07, 6.45) is 2.23. The molecule has 2 aliphatic heterocycles. The zero-order valence-corrected chi connectivity index (χ0v) is 23.2. The minimum atomic E-state index is -0.523. The Hall–Kier alpha value is -3.30. The molecule has 2 atom stereocenters. The van der Waals surface area contributed by atoms with Crippen LogP contribution in [0.25, 0.3) is 11.3 Å². The van der Waals surface area contributed by atoms with Gasteiger partial charge in [0.05, 0.1) is 29.4 Å². The van der Waals surface area contributed by atoms with Crippen LogP contribution in [-0.2, 0) is 4.74 Å². The molecule has 8 nitrogen and oxygen atoms in total. The number of hydrogen-bond donors (Lipinski definition) is 2. The zero-order chi connectivity index (χ0) is 26.9. The predicted molar refractivity (Wildman–Crippen MR) is 149 cm³/mol. The molecule has 2 aliphatic rings. The maximum absolute atomic E-state index is 12.7. The van der Waals surface area contributed by atoms with Crippen LogP contribution in [0.5, 0.6) is 5.75 Å². The van der Waals surface area contributed by atoms with Crippen molar-refractivity contribution in [2.75, 3.05) is 18.5 Å². The fourth-order valence-electron chi connectivity index (χ4n) is 4.82. The number of anilines is 1. The molecule has 0 aliphatic carbocycles. The fourth-order valence-corrected chi connectivity index (χ4v) is 5.77. The van der Waals surface area contributed by atoms with Gasteiger partial charge < -0.3 is 19.7 Å². The number of amides is 3. The topological polar surface area (TPSA) is 92.8 Å². The van der Waals surface area contributed by atoms with Crippen LogP contribution in [0, 0.1) is 0 Å². The number of rotatable bonds is 4. The van der Waals surface area contributed by atoms with Gasteiger partial charge in [0, 0.05) is 29.5 Å². The highest BCUT2D eigenvalue weighted by Crippen LogP contribution is 2.38. The van der Waals surface area contributed by atoms with Crippen molar-refractivity contribution in [3.8, 4) is 17.0 Å². The molecule has 10 heteroatoms. The highest BCUT2D eigenvalue weighted by Gasteiger charge is 2.33. The van der Waals surface area contributed by atoms with Crippen LogP contribution in [0.3, 0.4) is 0 Å². The van der Waals surface area contributed by atoms with Crippen LogP contribution in [0.4, 0.5) is 14.7 Å². The van der Waals surface area contributed by atoms with Gasteiger partial charge in [0.15, 0.2) is 5.13 Å². The van der Waals surface area contributed by atoms with Crippen LogP contribution in [0.1, 0.15) is 63.2 Å². The van der Waals surface area contributed by atoms with Crippen molar-refractivity contribution in [1.29, 1.82) is 0 Å². The number of thiazole rings is 1. The van der Waals surface area contributed by atoms with Gasteiger partial charge >= 0.3 is 12.1 Å². The standard InChI is InChI=1S/C28H31ClN4O4S/c1-28(2,3)37-27(35)33-14-5-8-23(33)18-11-9-17(10-12-18)22-16-38-26(31-22)32-25(34)30-21-13-15-36-24-19(21)6-4-7-20(24)29/h4,6-7,9-12,16,21,23H,5,8,13-15H2,1-3H3,(H2,30,31,32,34)/t21-,23?/m0/s1. The molecule has 1 aromatic heterocycles. The predicted octanol–water partition coefficient (Wildman–Crippen LogP) is 7.18. The quantitative estimate of drug-likeness (QED) is 0.356. The number of likely N-dealkylation sites (tertiary alicyclic amines) is 1. The number of para-hydroxylation sites is 1. The maximum Gasteiger partial charge on any atom is 0.410 e. The maximum atomic E-state index is 12.7. The summed E-state index contributed by atoms with van der Waals surface area (Å²) in [4.78, 5) is 31.8. The molecule has 2 N–H and O–H groups in total. The summed E-state index contributed by atoms with van der Waals surface area (Å²) in [6, 6.07) is 13.1. The first-order valence-corrected chi connectivity index (χ1v) is 14.0. The van der Waals surface area contributed by atoms with E-state index in [0.29, 0.717) is 35.5 Å². The number of carbonyl (C=O) groups is 2. The Morgan fingerprint density at radius 2 is 1.95 bits per heavy atom. The molecule has 0 spiro atoms. The van der Waals surface area contributed by atoms with E-state index in [1.165, 1.54) is 11.3 Å². The average molecular weight is 555 g/mol. The second kappa shape index (κ2) is 10.8. The Bertz CT molecular complexity index is 1320. The number of benzene rings is 2. The van der Waals surface area contributed by atoms with E-state index in [-0.39, 0.29) is 24.2 Å². The minimum Gasteiger partial charge on any atom is -0.492 e. The highest BCUT2D eigenvalue weighted by molar-refractivity contribution is 7.14. The molecule has 200 valence electrons. The average Bonchev–Trinajstić information content (AvgIpc) is 3.54. The first-order chi connectivity index (χ1) is 18.2. The molecule has 1 saturated heterocycles. The normalized spacial score (nSPS) is 18.9. The van der Waals surface area contributed by atoms with Gasteiger partial charge in [0.1, 0.15) is 11.4 Å². The van der Waals surface area contributed by atoms with Crippen LogP contribution in [0.2, 0.25) is 5.02 Å². The monoisotopic (exact) mass is 554 g/mol. The number of aromatic nitrogens is 1. The summed E-state index contributed by atoms with van der Waals surface area (Å²) in [7, 11) is 0. The van der Waals surface area contributed by atoms with Gasteiger partial charge in [0.25, 0.3) is 0 Å². The summed E-state index contributed by atoms with van der Waals surface area (Å²) >= 11 is 7.60. The minimum absolute atomic E-state index is 0.000423. The number of ether oxygens (including phenoxy) is 2. The zero-order valence-electron chi connectivity index (χ0n) is 21.6. The first-order valence-electron chi connectivity index (χ1n) is 12.7. The summed E-state index contributed by atoms with van der Waals surface area (Å²) in [5, 5.41) is 8.80. The van der Waals surface area contributed by atoms with Gasteiger partial charge in [-0.25, -0.2) is 14.6 Å². The van der Waals surface area contributed by atoms with E-state index in [1.807, 2.05) is 67.4 Å². The van der Waals surface area contributed by atoms with E-state index in [9.17, 15) is 9.59 Å². The Kier molecular flexibility index (Phi) is 7.49. The molecule has 3 amide bonds. The molecule has 0 saturated carbocycles. The van der Waals surface area contributed by atoms with Crippen molar-refractivity contribution in [3.63, 3.8) is 0 Å². The molecule has 0 radical (unpaired) electrons. The lowest BCUT2D eigenvalue weighted by Crippen LogP contribution is -2.36. The Morgan fingerprint density at radius 1 is 1.16 bits per heavy atom. The summed E-state index contributed by atoms with van der Waals surface area (Å²) in [5.41, 5.74) is 3.13. The van der Waals surface area contributed by atoms with Crippen molar-refractivity contribution >= 4 is 40.2 Å². The van der Waals surface area contributed by atoms with E-state index in [4.69, 9.17) is 21.1 Å². The van der Waals surface area contributed by atoms with Gasteiger partial charge in [-0.2, -0.15) is 0 Å².